The smallest absolute Gasteiger partial charge is 0.265 e. The van der Waals surface area contributed by atoms with Gasteiger partial charge in [0.05, 0.1) is 4.88 Å². The Labute approximate surface area is 136 Å². The second-order valence-electron chi connectivity index (χ2n) is 6.35. The third-order valence-corrected chi connectivity index (χ3v) is 5.62. The minimum absolute atomic E-state index is 0.0353. The lowest BCUT2D eigenvalue weighted by atomic mass is 10.0. The molecule has 3 heteroatoms. The van der Waals surface area contributed by atoms with Gasteiger partial charge in [-0.3, -0.25) is 4.79 Å². The number of thiophene rings is 1. The number of carbonyl (C=O) groups is 1. The third-order valence-electron chi connectivity index (χ3n) is 4.39. The van der Waals surface area contributed by atoms with E-state index in [4.69, 9.17) is 0 Å². The van der Waals surface area contributed by atoms with E-state index in [0.29, 0.717) is 0 Å². The Morgan fingerprint density at radius 2 is 1.68 bits per heavy atom. The predicted molar refractivity (Wildman–Crippen MR) is 94.2 cm³/mol. The highest BCUT2D eigenvalue weighted by Crippen LogP contribution is 2.30. The number of hydrogen-bond donors (Lipinski definition) is 1. The minimum atomic E-state index is 0.0353. The molecule has 22 heavy (non-hydrogen) atoms. The molecule has 2 aromatic rings. The molecular formula is C19H23NOS. The van der Waals surface area contributed by atoms with Gasteiger partial charge in [0.25, 0.3) is 5.91 Å². The fourth-order valence-corrected chi connectivity index (χ4v) is 4.48. The molecule has 1 aliphatic rings. The molecule has 0 aliphatic heterocycles. The number of nitrogens with one attached hydrogen (secondary N) is 1. The first-order valence-electron chi connectivity index (χ1n) is 8.05. The molecule has 0 fully saturated rings. The van der Waals surface area contributed by atoms with Gasteiger partial charge in [0.2, 0.25) is 0 Å². The standard InChI is InChI=1S/C19H23NOS/c1-12-9-13(2)18(14(3)10-12)20-19(21)17-11-15-7-5-4-6-8-16(15)22-17/h9-11H,4-8H2,1-3H3,(H,20,21). The van der Waals surface area contributed by atoms with E-state index in [1.54, 1.807) is 11.3 Å². The SMILES string of the molecule is Cc1cc(C)c(NC(=O)c2cc3c(s2)CCCCC3)c(C)c1. The summed E-state index contributed by atoms with van der Waals surface area (Å²) in [5.74, 6) is 0.0353. The van der Waals surface area contributed by atoms with Crippen molar-refractivity contribution in [1.82, 2.24) is 0 Å². The summed E-state index contributed by atoms with van der Waals surface area (Å²) in [7, 11) is 0. The highest BCUT2D eigenvalue weighted by Gasteiger charge is 2.17. The van der Waals surface area contributed by atoms with Crippen LogP contribution >= 0.6 is 11.3 Å². The van der Waals surface area contributed by atoms with Crippen LogP contribution in [0, 0.1) is 20.8 Å². The van der Waals surface area contributed by atoms with Crippen molar-refractivity contribution in [3.05, 3.63) is 50.2 Å². The zero-order chi connectivity index (χ0) is 15.7. The zero-order valence-corrected chi connectivity index (χ0v) is 14.4. The molecule has 1 aromatic heterocycles. The first kappa shape index (κ1) is 15.3. The van der Waals surface area contributed by atoms with Crippen LogP contribution in [0.4, 0.5) is 5.69 Å². The van der Waals surface area contributed by atoms with Gasteiger partial charge >= 0.3 is 0 Å². The molecule has 116 valence electrons. The van der Waals surface area contributed by atoms with Crippen LogP contribution in [0.5, 0.6) is 0 Å². The second kappa shape index (κ2) is 6.25. The summed E-state index contributed by atoms with van der Waals surface area (Å²) in [4.78, 5) is 14.9. The molecule has 0 atom stereocenters. The summed E-state index contributed by atoms with van der Waals surface area (Å²) in [6, 6.07) is 6.35. The summed E-state index contributed by atoms with van der Waals surface area (Å²) >= 11 is 1.68. The summed E-state index contributed by atoms with van der Waals surface area (Å²) in [5.41, 5.74) is 5.84. The van der Waals surface area contributed by atoms with Gasteiger partial charge in [-0.1, -0.05) is 24.1 Å². The number of hydrogen-bond acceptors (Lipinski definition) is 2. The third kappa shape index (κ3) is 3.09. The molecule has 1 aromatic carbocycles. The molecule has 1 N–H and O–H groups in total. The number of fused-ring (bicyclic) bond motifs is 1. The maximum absolute atomic E-state index is 12.6. The molecule has 0 spiro atoms. The fraction of sp³-hybridized carbons (Fsp3) is 0.421. The van der Waals surface area contributed by atoms with Crippen LogP contribution in [0.15, 0.2) is 18.2 Å². The topological polar surface area (TPSA) is 29.1 Å². The minimum Gasteiger partial charge on any atom is -0.321 e. The van der Waals surface area contributed by atoms with E-state index in [1.807, 2.05) is 0 Å². The van der Waals surface area contributed by atoms with Gasteiger partial charge in [0, 0.05) is 10.6 Å². The number of carbonyl (C=O) groups excluding carboxylic acids is 1. The van der Waals surface area contributed by atoms with Crippen molar-refractivity contribution in [3.8, 4) is 0 Å². The van der Waals surface area contributed by atoms with Gasteiger partial charge in [-0.25, -0.2) is 0 Å². The fourth-order valence-electron chi connectivity index (χ4n) is 3.33. The summed E-state index contributed by atoms with van der Waals surface area (Å²) in [5, 5.41) is 3.12. The number of benzene rings is 1. The molecule has 0 radical (unpaired) electrons. The van der Waals surface area contributed by atoms with Crippen LogP contribution in [0.1, 0.15) is 56.1 Å². The van der Waals surface area contributed by atoms with E-state index < -0.39 is 0 Å². The Balaban J connectivity index is 1.83. The Kier molecular flexibility index (Phi) is 4.34. The molecular weight excluding hydrogens is 290 g/mol. The van der Waals surface area contributed by atoms with Crippen LogP contribution in [-0.2, 0) is 12.8 Å². The number of anilines is 1. The molecule has 0 unspecified atom stereocenters. The Hall–Kier alpha value is -1.61. The van der Waals surface area contributed by atoms with Gasteiger partial charge in [0.15, 0.2) is 0 Å². The maximum Gasteiger partial charge on any atom is 0.265 e. The quantitative estimate of drug-likeness (QED) is 0.759. The highest BCUT2D eigenvalue weighted by atomic mass is 32.1. The van der Waals surface area contributed by atoms with E-state index in [1.165, 1.54) is 35.3 Å². The average Bonchev–Trinajstić information content (AvgIpc) is 2.74. The second-order valence-corrected chi connectivity index (χ2v) is 7.48. The molecule has 2 nitrogen and oxygen atoms in total. The summed E-state index contributed by atoms with van der Waals surface area (Å²) in [6.07, 6.45) is 6.08. The molecule has 1 amide bonds. The molecule has 1 heterocycles. The lowest BCUT2D eigenvalue weighted by Crippen LogP contribution is -2.12. The monoisotopic (exact) mass is 313 g/mol. The van der Waals surface area contributed by atoms with Gasteiger partial charge in [-0.2, -0.15) is 0 Å². The molecule has 3 rings (SSSR count). The van der Waals surface area contributed by atoms with Gasteiger partial charge in [-0.15, -0.1) is 11.3 Å². The van der Waals surface area contributed by atoms with Crippen LogP contribution in [0.25, 0.3) is 0 Å². The van der Waals surface area contributed by atoms with Crippen molar-refractivity contribution >= 4 is 22.9 Å². The number of rotatable bonds is 2. The van der Waals surface area contributed by atoms with Crippen LogP contribution < -0.4 is 5.32 Å². The van der Waals surface area contributed by atoms with Crippen LogP contribution in [0.3, 0.4) is 0 Å². The van der Waals surface area contributed by atoms with E-state index in [0.717, 1.165) is 34.5 Å². The Bertz CT molecular complexity index is 668. The first-order valence-corrected chi connectivity index (χ1v) is 8.87. The van der Waals surface area contributed by atoms with Gasteiger partial charge in [0.1, 0.15) is 0 Å². The van der Waals surface area contributed by atoms with E-state index in [-0.39, 0.29) is 5.91 Å². The van der Waals surface area contributed by atoms with Crippen molar-refractivity contribution in [3.63, 3.8) is 0 Å². The predicted octanol–water partition coefficient (Wildman–Crippen LogP) is 5.19. The van der Waals surface area contributed by atoms with E-state index >= 15 is 0 Å². The average molecular weight is 313 g/mol. The number of aryl methyl sites for hydroxylation is 5. The van der Waals surface area contributed by atoms with Gasteiger partial charge < -0.3 is 5.32 Å². The molecule has 0 saturated heterocycles. The van der Waals surface area contributed by atoms with Crippen molar-refractivity contribution < 1.29 is 4.79 Å². The van der Waals surface area contributed by atoms with E-state index in [9.17, 15) is 4.79 Å². The number of amides is 1. The first-order chi connectivity index (χ1) is 10.5. The Morgan fingerprint density at radius 3 is 2.41 bits per heavy atom. The molecule has 1 aliphatic carbocycles. The van der Waals surface area contributed by atoms with Crippen molar-refractivity contribution in [1.29, 1.82) is 0 Å². The highest BCUT2D eigenvalue weighted by molar-refractivity contribution is 7.14. The zero-order valence-electron chi connectivity index (χ0n) is 13.6. The summed E-state index contributed by atoms with van der Waals surface area (Å²) < 4.78 is 0. The van der Waals surface area contributed by atoms with Crippen molar-refractivity contribution in [2.24, 2.45) is 0 Å². The normalized spacial score (nSPS) is 14.3. The van der Waals surface area contributed by atoms with Crippen molar-refractivity contribution in [2.45, 2.75) is 52.9 Å². The maximum atomic E-state index is 12.6. The van der Waals surface area contributed by atoms with Crippen LogP contribution in [-0.4, -0.2) is 5.91 Å². The molecule has 0 saturated carbocycles. The Morgan fingerprint density at radius 1 is 1.00 bits per heavy atom. The lowest BCUT2D eigenvalue weighted by molar-refractivity contribution is 0.103. The molecule has 0 bridgehead atoms. The largest absolute Gasteiger partial charge is 0.321 e. The van der Waals surface area contributed by atoms with Crippen molar-refractivity contribution in [2.75, 3.05) is 5.32 Å². The van der Waals surface area contributed by atoms with E-state index in [2.05, 4.69) is 44.3 Å². The lowest BCUT2D eigenvalue weighted by Gasteiger charge is -2.12. The van der Waals surface area contributed by atoms with Crippen LogP contribution in [0.2, 0.25) is 0 Å². The summed E-state index contributed by atoms with van der Waals surface area (Å²) in [6.45, 7) is 6.19. The van der Waals surface area contributed by atoms with Gasteiger partial charge in [-0.05, 0) is 69.2 Å².